The van der Waals surface area contributed by atoms with Crippen molar-refractivity contribution in [1.29, 1.82) is 0 Å². The standard InChI is InChI=1S/C2H6O6S2.H2O3S/c3-9(4)7-1-2-8-10(5)6;1-4(2)3/h1-2H2,(H,3,4)(H,5,6);(H2,1,2,3). The molecule has 0 radical (unpaired) electrons. The van der Waals surface area contributed by atoms with Crippen LogP contribution in [0, 0.1) is 0 Å². The van der Waals surface area contributed by atoms with E-state index in [0.717, 1.165) is 0 Å². The Bertz CT molecular complexity index is 182. The highest BCUT2D eigenvalue weighted by atomic mass is 32.2. The minimum absolute atomic E-state index is 0.199. The largest absolute Gasteiger partial charge is 0.301 e. The Hall–Kier alpha value is 0.210. The highest BCUT2D eigenvalue weighted by molar-refractivity contribution is 7.74. The van der Waals surface area contributed by atoms with E-state index in [1.54, 1.807) is 0 Å². The van der Waals surface area contributed by atoms with Crippen molar-refractivity contribution >= 4 is 34.1 Å². The van der Waals surface area contributed by atoms with Crippen molar-refractivity contribution in [2.75, 3.05) is 13.2 Å². The van der Waals surface area contributed by atoms with E-state index in [-0.39, 0.29) is 13.2 Å². The van der Waals surface area contributed by atoms with Gasteiger partial charge in [0.2, 0.25) is 0 Å². The zero-order chi connectivity index (χ0) is 11.6. The molecule has 12 heteroatoms. The Morgan fingerprint density at radius 2 is 1.00 bits per heavy atom. The third-order valence-corrected chi connectivity index (χ3v) is 1.19. The molecule has 0 aliphatic heterocycles. The van der Waals surface area contributed by atoms with Crippen LogP contribution in [0.2, 0.25) is 0 Å². The molecule has 88 valence electrons. The first-order chi connectivity index (χ1) is 6.36. The quantitative estimate of drug-likeness (QED) is 0.364. The summed E-state index contributed by atoms with van der Waals surface area (Å²) in [6, 6.07) is 0. The van der Waals surface area contributed by atoms with Crippen LogP contribution < -0.4 is 0 Å². The second-order valence-corrected chi connectivity index (χ2v) is 3.11. The summed E-state index contributed by atoms with van der Waals surface area (Å²) in [7, 11) is 0. The predicted molar refractivity (Wildman–Crippen MR) is 46.8 cm³/mol. The van der Waals surface area contributed by atoms with Crippen LogP contribution in [0.15, 0.2) is 0 Å². The zero-order valence-electron chi connectivity index (χ0n) is 6.47. The fourth-order valence-electron chi connectivity index (χ4n) is 0.211. The van der Waals surface area contributed by atoms with Crippen LogP contribution in [0.1, 0.15) is 0 Å². The van der Waals surface area contributed by atoms with Gasteiger partial charge in [-0.15, -0.1) is 0 Å². The molecule has 0 heterocycles. The summed E-state index contributed by atoms with van der Waals surface area (Å²) < 4.78 is 66.4. The second-order valence-electron chi connectivity index (χ2n) is 1.31. The van der Waals surface area contributed by atoms with Gasteiger partial charge in [0.05, 0.1) is 13.2 Å². The number of hydrogen-bond acceptors (Lipinski definition) is 5. The molecule has 0 rings (SSSR count). The van der Waals surface area contributed by atoms with Gasteiger partial charge in [0.15, 0.2) is 0 Å². The molecule has 0 aromatic rings. The first-order valence-electron chi connectivity index (χ1n) is 2.64. The summed E-state index contributed by atoms with van der Waals surface area (Å²) in [4.78, 5) is 0. The molecule has 0 aliphatic rings. The minimum Gasteiger partial charge on any atom is -0.284 e. The van der Waals surface area contributed by atoms with Gasteiger partial charge in [-0.2, -0.15) is 12.6 Å². The minimum atomic E-state index is -2.61. The highest BCUT2D eigenvalue weighted by Gasteiger charge is 1.95. The van der Waals surface area contributed by atoms with Crippen LogP contribution in [0.4, 0.5) is 0 Å². The second kappa shape index (κ2) is 11.3. The van der Waals surface area contributed by atoms with Crippen LogP contribution >= 0.6 is 0 Å². The maximum Gasteiger partial charge on any atom is 0.301 e. The third kappa shape index (κ3) is 29.5. The van der Waals surface area contributed by atoms with Gasteiger partial charge in [0.25, 0.3) is 11.4 Å². The lowest BCUT2D eigenvalue weighted by molar-refractivity contribution is 0.217. The average molecular weight is 272 g/mol. The molecule has 14 heavy (non-hydrogen) atoms. The Morgan fingerprint density at radius 3 is 1.14 bits per heavy atom. The molecule has 2 atom stereocenters. The number of rotatable bonds is 5. The van der Waals surface area contributed by atoms with Gasteiger partial charge in [0, 0.05) is 0 Å². The average Bonchev–Trinajstić information content (AvgIpc) is 1.96. The van der Waals surface area contributed by atoms with E-state index >= 15 is 0 Å². The molecule has 0 bridgehead atoms. The van der Waals surface area contributed by atoms with Gasteiger partial charge in [0.1, 0.15) is 0 Å². The molecular formula is C2H8O9S3. The van der Waals surface area contributed by atoms with Crippen LogP contribution in [0.3, 0.4) is 0 Å². The van der Waals surface area contributed by atoms with E-state index in [1.165, 1.54) is 0 Å². The van der Waals surface area contributed by atoms with Gasteiger partial charge in [-0.1, -0.05) is 0 Å². The topological polar surface area (TPSA) is 151 Å². The normalized spacial score (nSPS) is 14.4. The van der Waals surface area contributed by atoms with Gasteiger partial charge < -0.3 is 0 Å². The predicted octanol–water partition coefficient (Wildman–Crippen LogP) is -1.03. The summed E-state index contributed by atoms with van der Waals surface area (Å²) in [6.07, 6.45) is 0. The molecule has 0 amide bonds. The molecule has 0 fully saturated rings. The summed E-state index contributed by atoms with van der Waals surface area (Å²) in [5.74, 6) is 0. The molecule has 0 aromatic carbocycles. The molecule has 0 saturated heterocycles. The van der Waals surface area contributed by atoms with Crippen LogP contribution in [-0.4, -0.2) is 44.1 Å². The monoisotopic (exact) mass is 272 g/mol. The summed E-state index contributed by atoms with van der Waals surface area (Å²) in [6.45, 7) is -0.398. The zero-order valence-corrected chi connectivity index (χ0v) is 8.92. The van der Waals surface area contributed by atoms with Crippen molar-refractivity contribution in [3.05, 3.63) is 0 Å². The van der Waals surface area contributed by atoms with Gasteiger partial charge in [-0.25, -0.2) is 0 Å². The SMILES string of the molecule is O=S(O)O.O=S(O)OCCOS(=O)O. The molecule has 0 aromatic heterocycles. The molecule has 2 unspecified atom stereocenters. The van der Waals surface area contributed by atoms with E-state index in [9.17, 15) is 8.42 Å². The third-order valence-electron chi connectivity index (χ3n) is 0.452. The van der Waals surface area contributed by atoms with Crippen molar-refractivity contribution < 1.29 is 39.2 Å². The summed E-state index contributed by atoms with van der Waals surface area (Å²) in [5, 5.41) is 0. The lowest BCUT2D eigenvalue weighted by Gasteiger charge is -1.95. The first-order valence-corrected chi connectivity index (χ1v) is 5.77. The number of hydrogen-bond donors (Lipinski definition) is 4. The van der Waals surface area contributed by atoms with Crippen LogP contribution in [0.25, 0.3) is 0 Å². The molecular weight excluding hydrogens is 264 g/mol. The van der Waals surface area contributed by atoms with E-state index in [2.05, 4.69) is 8.37 Å². The summed E-state index contributed by atoms with van der Waals surface area (Å²) in [5.41, 5.74) is 0. The first kappa shape index (κ1) is 16.6. The highest BCUT2D eigenvalue weighted by Crippen LogP contribution is 1.82. The Labute approximate surface area is 86.9 Å². The van der Waals surface area contributed by atoms with Crippen molar-refractivity contribution in [3.63, 3.8) is 0 Å². The summed E-state index contributed by atoms with van der Waals surface area (Å²) >= 11 is -7.29. The Kier molecular flexibility index (Phi) is 13.4. The molecule has 0 spiro atoms. The fourth-order valence-corrected chi connectivity index (χ4v) is 0.632. The molecule has 0 saturated carbocycles. The maximum atomic E-state index is 9.74. The fraction of sp³-hybridized carbons (Fsp3) is 1.00. The maximum absolute atomic E-state index is 9.74. The smallest absolute Gasteiger partial charge is 0.284 e. The molecule has 0 aliphatic carbocycles. The van der Waals surface area contributed by atoms with E-state index < -0.39 is 34.1 Å². The van der Waals surface area contributed by atoms with E-state index in [4.69, 9.17) is 22.4 Å². The van der Waals surface area contributed by atoms with Crippen molar-refractivity contribution in [2.24, 2.45) is 0 Å². The molecule has 4 N–H and O–H groups in total. The lowest BCUT2D eigenvalue weighted by Crippen LogP contribution is -2.06. The Balaban J connectivity index is 0. The molecule has 9 nitrogen and oxygen atoms in total. The van der Waals surface area contributed by atoms with Crippen molar-refractivity contribution in [3.8, 4) is 0 Å². The Morgan fingerprint density at radius 1 is 0.786 bits per heavy atom. The van der Waals surface area contributed by atoms with Crippen molar-refractivity contribution in [1.82, 2.24) is 0 Å². The van der Waals surface area contributed by atoms with E-state index in [1.807, 2.05) is 0 Å². The lowest BCUT2D eigenvalue weighted by atomic mass is 10.8. The van der Waals surface area contributed by atoms with Gasteiger partial charge in [-0.05, 0) is 0 Å². The van der Waals surface area contributed by atoms with Gasteiger partial charge in [-0.3, -0.25) is 26.6 Å². The van der Waals surface area contributed by atoms with E-state index in [0.29, 0.717) is 0 Å². The van der Waals surface area contributed by atoms with Gasteiger partial charge >= 0.3 is 22.7 Å². The van der Waals surface area contributed by atoms with Crippen LogP contribution in [-0.2, 0) is 42.5 Å². The van der Waals surface area contributed by atoms with Crippen LogP contribution in [0.5, 0.6) is 0 Å². The van der Waals surface area contributed by atoms with Crippen molar-refractivity contribution in [2.45, 2.75) is 0 Å².